The zero-order chi connectivity index (χ0) is 48.8. The van der Waals surface area contributed by atoms with Gasteiger partial charge in [0, 0.05) is 101 Å². The molecule has 0 saturated carbocycles. The SMILES string of the molecule is C/C(=C1\C(=O)Nc2ccc(Cl)cc21)c1ccc(-c2ccc(C(=O)N3CCCN(C)CC3)cc2)o1.CC(=O)c1ccc(-c2ccc(C(=O)N3CCCN(C)CC3)cc2)o1.O=C1Cc2cc(Cl)ccc2N1. The highest BCUT2D eigenvalue weighted by Gasteiger charge is 2.28. The standard InChI is InChI=1S/C27H26ClN3O3.C19H22N2O3.C8H6ClNO/c1-17(25-21-16-20(28)8-9-22(21)29-26(25)32)23-10-11-24(34-23)18-4-6-19(7-5-18)27(33)31-13-3-12-30(2)14-15-31;1-14(22)17-8-9-18(24-17)15-4-6-16(7-5-15)19(23)21-11-3-10-20(2)12-13-21;9-6-1-2-7-5(3-6)4-8(11)10-7/h4-11,16H,3,12-15H2,1-2H3,(H,29,32);4-9H,3,10-13H2,1-2H3;1-3H,4H2,(H,10,11)/b25-17+;;. The number of nitrogens with one attached hydrogen (secondary N) is 2. The summed E-state index contributed by atoms with van der Waals surface area (Å²) in [6.07, 6.45) is 2.44. The van der Waals surface area contributed by atoms with Crippen LogP contribution < -0.4 is 10.6 Å². The molecule has 0 atom stereocenters. The molecule has 69 heavy (non-hydrogen) atoms. The van der Waals surface area contributed by atoms with Crippen LogP contribution in [0.5, 0.6) is 0 Å². The lowest BCUT2D eigenvalue weighted by Crippen LogP contribution is -2.34. The number of hydrogen-bond donors (Lipinski definition) is 2. The van der Waals surface area contributed by atoms with E-state index in [4.69, 9.17) is 32.0 Å². The van der Waals surface area contributed by atoms with E-state index in [0.717, 1.165) is 104 Å². The maximum Gasteiger partial charge on any atom is 0.256 e. The van der Waals surface area contributed by atoms with Crippen molar-refractivity contribution < 1.29 is 32.8 Å². The van der Waals surface area contributed by atoms with Crippen molar-refractivity contribution in [2.24, 2.45) is 0 Å². The summed E-state index contributed by atoms with van der Waals surface area (Å²) < 4.78 is 11.6. The van der Waals surface area contributed by atoms with Gasteiger partial charge in [-0.2, -0.15) is 0 Å². The normalized spacial score (nSPS) is 16.7. The summed E-state index contributed by atoms with van der Waals surface area (Å²) in [6.45, 7) is 10.3. The Bertz CT molecular complexity index is 2920. The third-order valence-corrected chi connectivity index (χ3v) is 13.0. The highest BCUT2D eigenvalue weighted by atomic mass is 35.5. The highest BCUT2D eigenvalue weighted by Crippen LogP contribution is 2.39. The molecular weight excluding hydrogens is 916 g/mol. The van der Waals surface area contributed by atoms with Crippen LogP contribution in [0.1, 0.15) is 74.8 Å². The van der Waals surface area contributed by atoms with Crippen LogP contribution in [0.3, 0.4) is 0 Å². The van der Waals surface area contributed by atoms with Crippen LogP contribution in [-0.2, 0) is 16.0 Å². The van der Waals surface area contributed by atoms with Crippen molar-refractivity contribution in [3.63, 3.8) is 0 Å². The average Bonchev–Trinajstić information content (AvgIpc) is 4.12. The summed E-state index contributed by atoms with van der Waals surface area (Å²) in [7, 11) is 4.17. The van der Waals surface area contributed by atoms with Crippen molar-refractivity contribution in [2.75, 3.05) is 77.1 Å². The second-order valence-electron chi connectivity index (χ2n) is 17.6. The molecule has 0 bridgehead atoms. The molecular formula is C54H54Cl2N6O7. The Balaban J connectivity index is 0.000000158. The molecule has 2 fully saturated rings. The molecule has 6 aromatic rings. The van der Waals surface area contributed by atoms with E-state index in [1.54, 1.807) is 36.4 Å². The molecule has 15 heteroatoms. The molecule has 0 radical (unpaired) electrons. The molecule has 2 N–H and O–H groups in total. The lowest BCUT2D eigenvalue weighted by molar-refractivity contribution is -0.115. The maximum atomic E-state index is 12.9. The molecule has 0 unspecified atom stereocenters. The number of carbonyl (C=O) groups excluding carboxylic acids is 5. The van der Waals surface area contributed by atoms with Gasteiger partial charge in [0.2, 0.25) is 5.91 Å². The number of rotatable bonds is 6. The minimum absolute atomic E-state index is 0.0438. The number of carbonyl (C=O) groups is 5. The van der Waals surface area contributed by atoms with Crippen molar-refractivity contribution in [2.45, 2.75) is 33.1 Å². The Kier molecular flexibility index (Phi) is 15.3. The van der Waals surface area contributed by atoms with E-state index in [1.165, 1.54) is 6.92 Å². The van der Waals surface area contributed by atoms with E-state index in [-0.39, 0.29) is 29.4 Å². The van der Waals surface area contributed by atoms with Gasteiger partial charge in [0.25, 0.3) is 17.7 Å². The number of benzene rings is 4. The fourth-order valence-electron chi connectivity index (χ4n) is 8.63. The van der Waals surface area contributed by atoms with Crippen molar-refractivity contribution >= 4 is 75.1 Å². The zero-order valence-corrected chi connectivity index (χ0v) is 40.6. The lowest BCUT2D eigenvalue weighted by atomic mass is 10.0. The molecule has 6 heterocycles. The maximum absolute atomic E-state index is 12.9. The van der Waals surface area contributed by atoms with E-state index >= 15 is 0 Å². The van der Waals surface area contributed by atoms with Crippen LogP contribution in [0.15, 0.2) is 118 Å². The molecule has 4 aromatic carbocycles. The molecule has 4 aliphatic rings. The Morgan fingerprint density at radius 3 is 1.59 bits per heavy atom. The number of fused-ring (bicyclic) bond motifs is 2. The van der Waals surface area contributed by atoms with Crippen molar-refractivity contribution in [1.82, 2.24) is 19.6 Å². The van der Waals surface area contributed by atoms with Crippen LogP contribution in [0.25, 0.3) is 33.8 Å². The van der Waals surface area contributed by atoms with E-state index in [9.17, 15) is 24.0 Å². The van der Waals surface area contributed by atoms with Crippen molar-refractivity contribution in [3.8, 4) is 22.6 Å². The number of allylic oxidation sites excluding steroid dienone is 1. The number of anilines is 2. The first kappa shape index (κ1) is 48.7. The Labute approximate surface area is 411 Å². The first-order chi connectivity index (χ1) is 33.2. The summed E-state index contributed by atoms with van der Waals surface area (Å²) in [5.41, 5.74) is 7.77. The van der Waals surface area contributed by atoms with Gasteiger partial charge in [-0.15, -0.1) is 0 Å². The van der Waals surface area contributed by atoms with E-state index in [0.29, 0.717) is 56.2 Å². The quantitative estimate of drug-likeness (QED) is 0.123. The van der Waals surface area contributed by atoms with Crippen molar-refractivity contribution in [1.29, 1.82) is 0 Å². The third-order valence-electron chi connectivity index (χ3n) is 12.6. The molecule has 2 saturated heterocycles. The van der Waals surface area contributed by atoms with Gasteiger partial charge in [-0.3, -0.25) is 24.0 Å². The predicted molar refractivity (Wildman–Crippen MR) is 271 cm³/mol. The minimum Gasteiger partial charge on any atom is -0.456 e. The second kappa shape index (κ2) is 21.7. The Morgan fingerprint density at radius 2 is 1.06 bits per heavy atom. The van der Waals surface area contributed by atoms with Gasteiger partial charge < -0.3 is 39.1 Å². The zero-order valence-electron chi connectivity index (χ0n) is 39.1. The first-order valence-corrected chi connectivity index (χ1v) is 23.7. The minimum atomic E-state index is -0.171. The highest BCUT2D eigenvalue weighted by molar-refractivity contribution is 6.38. The number of hydrogen-bond acceptors (Lipinski definition) is 9. The number of amides is 4. The Hall–Kier alpha value is -6.77. The second-order valence-corrected chi connectivity index (χ2v) is 18.5. The molecule has 4 amide bonds. The first-order valence-electron chi connectivity index (χ1n) is 23.0. The number of ketones is 1. The van der Waals surface area contributed by atoms with Crippen molar-refractivity contribution in [3.05, 3.63) is 153 Å². The van der Waals surface area contributed by atoms with Crippen LogP contribution >= 0.6 is 23.2 Å². The largest absolute Gasteiger partial charge is 0.456 e. The lowest BCUT2D eigenvalue weighted by Gasteiger charge is -2.20. The molecule has 13 nitrogen and oxygen atoms in total. The van der Waals surface area contributed by atoms with Gasteiger partial charge >= 0.3 is 0 Å². The summed E-state index contributed by atoms with van der Waals surface area (Å²) in [4.78, 5) is 68.7. The molecule has 0 aliphatic carbocycles. The Morgan fingerprint density at radius 1 is 0.551 bits per heavy atom. The summed E-state index contributed by atoms with van der Waals surface area (Å²) in [5, 5.41) is 6.86. The molecule has 10 rings (SSSR count). The van der Waals surface area contributed by atoms with Gasteiger partial charge in [0.15, 0.2) is 11.5 Å². The number of nitrogens with zero attached hydrogens (tertiary/aromatic N) is 4. The average molecular weight is 970 g/mol. The monoisotopic (exact) mass is 968 g/mol. The fourth-order valence-corrected chi connectivity index (χ4v) is 8.99. The summed E-state index contributed by atoms with van der Waals surface area (Å²) >= 11 is 11.9. The molecule has 356 valence electrons. The third kappa shape index (κ3) is 11.7. The topological polar surface area (TPSA) is 149 Å². The number of halogens is 2. The summed E-state index contributed by atoms with van der Waals surface area (Å²) in [6, 6.07) is 32.8. The van der Waals surface area contributed by atoms with Crippen LogP contribution in [-0.4, -0.2) is 115 Å². The van der Waals surface area contributed by atoms with Gasteiger partial charge in [0.05, 0.1) is 12.0 Å². The number of Topliss-reactive ketones (excluding diaryl/α,β-unsaturated/α-hetero) is 1. The summed E-state index contributed by atoms with van der Waals surface area (Å²) in [5.74, 6) is 2.18. The van der Waals surface area contributed by atoms with E-state index in [2.05, 4.69) is 34.5 Å². The van der Waals surface area contributed by atoms with Crippen LogP contribution in [0.2, 0.25) is 10.0 Å². The van der Waals surface area contributed by atoms with Gasteiger partial charge in [-0.1, -0.05) is 47.5 Å². The van der Waals surface area contributed by atoms with E-state index < -0.39 is 0 Å². The fraction of sp³-hybridized carbons (Fsp3) is 0.278. The van der Waals surface area contributed by atoms with Gasteiger partial charge in [0.1, 0.15) is 17.3 Å². The van der Waals surface area contributed by atoms with Crippen LogP contribution in [0.4, 0.5) is 11.4 Å². The predicted octanol–water partition coefficient (Wildman–Crippen LogP) is 10.0. The van der Waals surface area contributed by atoms with Gasteiger partial charge in [-0.25, -0.2) is 0 Å². The van der Waals surface area contributed by atoms with Gasteiger partial charge in [-0.05, 0) is 137 Å². The molecule has 2 aromatic heterocycles. The van der Waals surface area contributed by atoms with Crippen LogP contribution in [0, 0.1) is 0 Å². The molecule has 0 spiro atoms. The smallest absolute Gasteiger partial charge is 0.256 e. The number of likely N-dealkylation sites (N-methyl/N-ethyl adjacent to an activating group) is 2. The van der Waals surface area contributed by atoms with E-state index in [1.807, 2.05) is 89.5 Å². The molecule has 4 aliphatic heterocycles. The number of furan rings is 2.